The molecule has 0 bridgehead atoms. The Hall–Kier alpha value is -3.27. The number of hydrogen-bond donors (Lipinski definition) is 1. The molecule has 0 spiro atoms. The first-order valence-corrected chi connectivity index (χ1v) is 8.06. The van der Waals surface area contributed by atoms with Crippen LogP contribution in [0.15, 0.2) is 65.5 Å². The molecule has 1 aliphatic heterocycles. The van der Waals surface area contributed by atoms with E-state index in [1.807, 2.05) is 66.2 Å². The molecule has 2 N–H and O–H groups in total. The highest BCUT2D eigenvalue weighted by molar-refractivity contribution is 6.06. The quantitative estimate of drug-likeness (QED) is 0.448. The lowest BCUT2D eigenvalue weighted by atomic mass is 9.91. The molecule has 0 saturated carbocycles. The fourth-order valence-corrected chi connectivity index (χ4v) is 3.46. The first kappa shape index (κ1) is 15.3. The highest BCUT2D eigenvalue weighted by Gasteiger charge is 2.22. The highest BCUT2D eigenvalue weighted by Crippen LogP contribution is 2.41. The summed E-state index contributed by atoms with van der Waals surface area (Å²) in [5.41, 5.74) is 11.1. The second kappa shape index (κ2) is 5.67. The van der Waals surface area contributed by atoms with Gasteiger partial charge in [0.05, 0.1) is 18.4 Å². The molecule has 4 nitrogen and oxygen atoms in total. The van der Waals surface area contributed by atoms with Crippen LogP contribution in [0.5, 0.6) is 5.75 Å². The molecule has 25 heavy (non-hydrogen) atoms. The van der Waals surface area contributed by atoms with E-state index in [-0.39, 0.29) is 5.43 Å². The van der Waals surface area contributed by atoms with Crippen LogP contribution < -0.4 is 15.9 Å². The Kier molecular flexibility index (Phi) is 3.46. The Bertz CT molecular complexity index is 1130. The summed E-state index contributed by atoms with van der Waals surface area (Å²) < 4.78 is 7.33. The first-order valence-electron chi connectivity index (χ1n) is 8.06. The average Bonchev–Trinajstić information content (AvgIpc) is 2.63. The molecule has 4 rings (SSSR count). The van der Waals surface area contributed by atoms with Crippen LogP contribution in [-0.4, -0.2) is 11.7 Å². The Morgan fingerprint density at radius 3 is 2.44 bits per heavy atom. The number of aryl methyl sites for hydroxylation is 1. The summed E-state index contributed by atoms with van der Waals surface area (Å²) in [6.45, 7) is 0. The third kappa shape index (κ3) is 2.26. The van der Waals surface area contributed by atoms with Gasteiger partial charge in [-0.15, -0.1) is 0 Å². The third-order valence-corrected chi connectivity index (χ3v) is 4.67. The Labute approximate surface area is 145 Å². The van der Waals surface area contributed by atoms with Crippen LogP contribution in [-0.2, 0) is 7.05 Å². The van der Waals surface area contributed by atoms with Crippen molar-refractivity contribution in [1.82, 2.24) is 4.57 Å². The molecule has 2 aromatic rings. The largest absolute Gasteiger partial charge is 0.497 e. The van der Waals surface area contributed by atoms with E-state index in [1.165, 1.54) is 6.07 Å². The summed E-state index contributed by atoms with van der Waals surface area (Å²) in [7, 11) is 3.53. The van der Waals surface area contributed by atoms with Gasteiger partial charge >= 0.3 is 0 Å². The van der Waals surface area contributed by atoms with E-state index in [4.69, 9.17) is 10.5 Å². The minimum atomic E-state index is -0.0750. The van der Waals surface area contributed by atoms with Crippen LogP contribution in [0, 0.1) is 0 Å². The van der Waals surface area contributed by atoms with Crippen molar-refractivity contribution in [3.63, 3.8) is 0 Å². The number of ether oxygens (including phenoxy) is 1. The van der Waals surface area contributed by atoms with Crippen LogP contribution in [0.25, 0.3) is 33.3 Å². The van der Waals surface area contributed by atoms with Gasteiger partial charge in [0.2, 0.25) is 0 Å². The number of para-hydroxylation sites is 2. The molecule has 0 atom stereocenters. The molecule has 0 unspecified atom stereocenters. The number of nitrogens with two attached hydrogens (primary N) is 1. The standard InChI is InChI=1S/C21H18N2O2/c1-23-17-10-6-4-8-15(17)20(14-7-3-5-9-16(14)22)21-18(23)11-13(25-2)12-19(21)24/h3-12H,22H2,1-2H3. The van der Waals surface area contributed by atoms with Gasteiger partial charge in [-0.05, 0) is 12.1 Å². The van der Waals surface area contributed by atoms with Crippen LogP contribution in [0.4, 0.5) is 5.69 Å². The molecule has 0 amide bonds. The maximum absolute atomic E-state index is 12.9. The SMILES string of the molecule is COc1cc2n(C)c3ccccc3c(-c3ccccc3N)c-2c(=O)c1. The van der Waals surface area contributed by atoms with Crippen molar-refractivity contribution in [2.24, 2.45) is 7.05 Å². The highest BCUT2D eigenvalue weighted by atomic mass is 16.5. The van der Waals surface area contributed by atoms with Crippen LogP contribution in [0.2, 0.25) is 0 Å². The molecule has 0 saturated heterocycles. The molecule has 1 aliphatic carbocycles. The van der Waals surface area contributed by atoms with E-state index >= 15 is 0 Å². The van der Waals surface area contributed by atoms with Crippen molar-refractivity contribution in [3.8, 4) is 28.1 Å². The van der Waals surface area contributed by atoms with Gasteiger partial charge in [-0.2, -0.15) is 0 Å². The van der Waals surface area contributed by atoms with Crippen molar-refractivity contribution >= 4 is 16.6 Å². The van der Waals surface area contributed by atoms with Crippen molar-refractivity contribution in [1.29, 1.82) is 0 Å². The van der Waals surface area contributed by atoms with Crippen molar-refractivity contribution < 1.29 is 4.74 Å². The molecule has 4 heteroatoms. The molecule has 1 heterocycles. The Balaban J connectivity index is 2.29. The van der Waals surface area contributed by atoms with E-state index < -0.39 is 0 Å². The topological polar surface area (TPSA) is 57.2 Å². The molecule has 0 aromatic heterocycles. The molecule has 2 aliphatic rings. The number of hydrogen-bond acceptors (Lipinski definition) is 3. The van der Waals surface area contributed by atoms with Gasteiger partial charge in [0.25, 0.3) is 0 Å². The monoisotopic (exact) mass is 330 g/mol. The zero-order chi connectivity index (χ0) is 17.6. The normalized spacial score (nSPS) is 11.1. The van der Waals surface area contributed by atoms with Crippen LogP contribution in [0.3, 0.4) is 0 Å². The molecule has 0 radical (unpaired) electrons. The van der Waals surface area contributed by atoms with Crippen molar-refractivity contribution in [2.45, 2.75) is 0 Å². The number of benzene rings is 3. The minimum Gasteiger partial charge on any atom is -0.497 e. The van der Waals surface area contributed by atoms with Crippen molar-refractivity contribution in [2.75, 3.05) is 12.8 Å². The minimum absolute atomic E-state index is 0.0750. The second-order valence-corrected chi connectivity index (χ2v) is 6.06. The number of fused-ring (bicyclic) bond motifs is 2. The zero-order valence-corrected chi connectivity index (χ0v) is 14.1. The van der Waals surface area contributed by atoms with E-state index in [2.05, 4.69) is 0 Å². The maximum atomic E-state index is 12.9. The predicted molar refractivity (Wildman–Crippen MR) is 102 cm³/mol. The third-order valence-electron chi connectivity index (χ3n) is 4.67. The van der Waals surface area contributed by atoms with Gasteiger partial charge in [0.15, 0.2) is 5.43 Å². The number of rotatable bonds is 2. The van der Waals surface area contributed by atoms with E-state index in [0.717, 1.165) is 27.7 Å². The second-order valence-electron chi connectivity index (χ2n) is 6.06. The molecule has 124 valence electrons. The molecular formula is C21H18N2O2. The van der Waals surface area contributed by atoms with Gasteiger partial charge in [0.1, 0.15) is 5.75 Å². The molecule has 2 aromatic carbocycles. The van der Waals surface area contributed by atoms with Gasteiger partial charge in [-0.3, -0.25) is 4.79 Å². The molecular weight excluding hydrogens is 312 g/mol. The van der Waals surface area contributed by atoms with Gasteiger partial charge < -0.3 is 15.0 Å². The number of nitrogen functional groups attached to an aromatic ring is 1. The van der Waals surface area contributed by atoms with Gasteiger partial charge in [0, 0.05) is 46.9 Å². The number of nitrogens with zero attached hydrogens (tertiary/aromatic N) is 1. The number of anilines is 1. The van der Waals surface area contributed by atoms with E-state index in [0.29, 0.717) is 17.0 Å². The zero-order valence-electron chi connectivity index (χ0n) is 14.1. The molecule has 0 fully saturated rings. The number of aromatic nitrogens is 1. The lowest BCUT2D eigenvalue weighted by Crippen LogP contribution is -2.13. The van der Waals surface area contributed by atoms with Crippen LogP contribution >= 0.6 is 0 Å². The Morgan fingerprint density at radius 2 is 1.68 bits per heavy atom. The number of pyridine rings is 1. The summed E-state index contributed by atoms with van der Waals surface area (Å²) in [5.74, 6) is 0.551. The van der Waals surface area contributed by atoms with E-state index in [1.54, 1.807) is 7.11 Å². The first-order chi connectivity index (χ1) is 12.1. The Morgan fingerprint density at radius 1 is 0.960 bits per heavy atom. The summed E-state index contributed by atoms with van der Waals surface area (Å²) in [6, 6.07) is 19.1. The number of methoxy groups -OCH3 is 1. The summed E-state index contributed by atoms with van der Waals surface area (Å²) in [6.07, 6.45) is 0. The van der Waals surface area contributed by atoms with E-state index in [9.17, 15) is 4.79 Å². The van der Waals surface area contributed by atoms with Gasteiger partial charge in [-0.25, -0.2) is 0 Å². The summed E-state index contributed by atoms with van der Waals surface area (Å²) >= 11 is 0. The lowest BCUT2D eigenvalue weighted by molar-refractivity contribution is 0.414. The fraction of sp³-hybridized carbons (Fsp3) is 0.0952. The maximum Gasteiger partial charge on any atom is 0.192 e. The summed E-state index contributed by atoms with van der Waals surface area (Å²) in [4.78, 5) is 12.9. The fourth-order valence-electron chi connectivity index (χ4n) is 3.46. The average molecular weight is 330 g/mol. The predicted octanol–water partition coefficient (Wildman–Crippen LogP) is 3.90. The van der Waals surface area contributed by atoms with Crippen molar-refractivity contribution in [3.05, 3.63) is 70.9 Å². The summed E-state index contributed by atoms with van der Waals surface area (Å²) in [5, 5.41) is 0.998. The van der Waals surface area contributed by atoms with Crippen LogP contribution in [0.1, 0.15) is 0 Å². The van der Waals surface area contributed by atoms with Gasteiger partial charge in [-0.1, -0.05) is 36.4 Å². The smallest absolute Gasteiger partial charge is 0.192 e. The lowest BCUT2D eigenvalue weighted by Gasteiger charge is -2.21.